The zero-order chi connectivity index (χ0) is 11.8. The molecule has 5 heteroatoms. The van der Waals surface area contributed by atoms with Gasteiger partial charge < -0.3 is 5.11 Å². The number of aliphatic hydroxyl groups excluding tert-OH is 1. The van der Waals surface area contributed by atoms with E-state index < -0.39 is 0 Å². The van der Waals surface area contributed by atoms with E-state index in [0.29, 0.717) is 11.4 Å². The molecule has 0 saturated carbocycles. The Hall–Kier alpha value is -1.65. The standard InChI is InChI=1S/C12H10ClN3O/c13-9-2-3-10-8(7-9)1-4-11-14-15-12(5-6-17)16(10)11/h1-4,7,17H,5-6H2. The van der Waals surface area contributed by atoms with Gasteiger partial charge in [-0.05, 0) is 30.3 Å². The van der Waals surface area contributed by atoms with Gasteiger partial charge in [0.25, 0.3) is 0 Å². The lowest BCUT2D eigenvalue weighted by molar-refractivity contribution is 0.296. The third-order valence-electron chi connectivity index (χ3n) is 2.73. The molecule has 1 N–H and O–H groups in total. The van der Waals surface area contributed by atoms with Crippen molar-refractivity contribution in [2.24, 2.45) is 0 Å². The number of fused-ring (bicyclic) bond motifs is 3. The molecule has 0 amide bonds. The maximum Gasteiger partial charge on any atom is 0.161 e. The maximum absolute atomic E-state index is 9.01. The van der Waals surface area contributed by atoms with Crippen molar-refractivity contribution in [1.29, 1.82) is 0 Å². The first-order valence-electron chi connectivity index (χ1n) is 5.33. The van der Waals surface area contributed by atoms with Crippen LogP contribution in [0.2, 0.25) is 5.02 Å². The van der Waals surface area contributed by atoms with Crippen molar-refractivity contribution in [2.45, 2.75) is 6.42 Å². The minimum absolute atomic E-state index is 0.0603. The van der Waals surface area contributed by atoms with Crippen molar-refractivity contribution in [3.8, 4) is 0 Å². The van der Waals surface area contributed by atoms with E-state index in [1.807, 2.05) is 34.7 Å². The molecule has 2 aromatic heterocycles. The largest absolute Gasteiger partial charge is 0.396 e. The van der Waals surface area contributed by atoms with E-state index in [9.17, 15) is 0 Å². The van der Waals surface area contributed by atoms with Crippen LogP contribution in [-0.2, 0) is 6.42 Å². The minimum Gasteiger partial charge on any atom is -0.396 e. The first-order chi connectivity index (χ1) is 8.29. The summed E-state index contributed by atoms with van der Waals surface area (Å²) in [6.45, 7) is 0.0603. The van der Waals surface area contributed by atoms with Gasteiger partial charge in [0.05, 0.1) is 12.1 Å². The molecule has 86 valence electrons. The lowest BCUT2D eigenvalue weighted by atomic mass is 10.2. The van der Waals surface area contributed by atoms with Gasteiger partial charge >= 0.3 is 0 Å². The molecule has 0 spiro atoms. The summed E-state index contributed by atoms with van der Waals surface area (Å²) in [6.07, 6.45) is 0.489. The van der Waals surface area contributed by atoms with Crippen molar-refractivity contribution >= 4 is 28.2 Å². The molecule has 0 bridgehead atoms. The number of pyridine rings is 1. The van der Waals surface area contributed by atoms with Gasteiger partial charge in [0.15, 0.2) is 5.65 Å². The lowest BCUT2D eigenvalue weighted by Gasteiger charge is -2.04. The normalized spacial score (nSPS) is 11.4. The molecular formula is C12H10ClN3O. The van der Waals surface area contributed by atoms with E-state index in [-0.39, 0.29) is 6.61 Å². The Labute approximate surface area is 102 Å². The van der Waals surface area contributed by atoms with E-state index in [2.05, 4.69) is 10.2 Å². The molecule has 17 heavy (non-hydrogen) atoms. The third-order valence-corrected chi connectivity index (χ3v) is 2.97. The van der Waals surface area contributed by atoms with E-state index in [1.165, 1.54) is 0 Å². The molecule has 0 unspecified atom stereocenters. The van der Waals surface area contributed by atoms with Crippen LogP contribution in [0.5, 0.6) is 0 Å². The second-order valence-electron chi connectivity index (χ2n) is 3.82. The Morgan fingerprint density at radius 3 is 2.88 bits per heavy atom. The number of nitrogens with zero attached hydrogens (tertiary/aromatic N) is 3. The highest BCUT2D eigenvalue weighted by atomic mass is 35.5. The van der Waals surface area contributed by atoms with E-state index in [1.54, 1.807) is 0 Å². The quantitative estimate of drug-likeness (QED) is 0.754. The minimum atomic E-state index is 0.0603. The molecule has 0 aliphatic heterocycles. The van der Waals surface area contributed by atoms with Crippen molar-refractivity contribution in [3.63, 3.8) is 0 Å². The fraction of sp³-hybridized carbons (Fsp3) is 0.167. The topological polar surface area (TPSA) is 50.4 Å². The molecule has 2 heterocycles. The smallest absolute Gasteiger partial charge is 0.161 e. The predicted molar refractivity (Wildman–Crippen MR) is 66.3 cm³/mol. The number of hydrogen-bond donors (Lipinski definition) is 1. The highest BCUT2D eigenvalue weighted by Crippen LogP contribution is 2.21. The fourth-order valence-corrected chi connectivity index (χ4v) is 2.17. The Bertz CT molecular complexity index is 693. The molecule has 4 nitrogen and oxygen atoms in total. The van der Waals surface area contributed by atoms with Gasteiger partial charge in [0, 0.05) is 16.8 Å². The summed E-state index contributed by atoms with van der Waals surface area (Å²) in [7, 11) is 0. The van der Waals surface area contributed by atoms with E-state index in [0.717, 1.165) is 22.4 Å². The number of aromatic nitrogens is 3. The van der Waals surface area contributed by atoms with Crippen LogP contribution in [0, 0.1) is 0 Å². The molecule has 0 aliphatic rings. The van der Waals surface area contributed by atoms with Gasteiger partial charge in [0.2, 0.25) is 0 Å². The molecule has 3 rings (SSSR count). The van der Waals surface area contributed by atoms with Crippen LogP contribution in [0.4, 0.5) is 0 Å². The number of benzene rings is 1. The SMILES string of the molecule is OCCc1nnc2ccc3cc(Cl)ccc3n12. The molecular weight excluding hydrogens is 238 g/mol. The summed E-state index contributed by atoms with van der Waals surface area (Å²) in [5, 5.41) is 18.9. The Morgan fingerprint density at radius 2 is 2.06 bits per heavy atom. The van der Waals surface area contributed by atoms with Crippen molar-refractivity contribution in [3.05, 3.63) is 41.2 Å². The molecule has 0 aliphatic carbocycles. The Balaban J connectivity index is 2.40. The molecule has 0 atom stereocenters. The third kappa shape index (κ3) is 1.66. The number of halogens is 1. The zero-order valence-corrected chi connectivity index (χ0v) is 9.72. The number of aliphatic hydroxyl groups is 1. The van der Waals surface area contributed by atoms with Gasteiger partial charge in [-0.3, -0.25) is 4.40 Å². The van der Waals surface area contributed by atoms with Crippen LogP contribution in [0.3, 0.4) is 0 Å². The number of hydrogen-bond acceptors (Lipinski definition) is 3. The van der Waals surface area contributed by atoms with Gasteiger partial charge in [-0.1, -0.05) is 11.6 Å². The van der Waals surface area contributed by atoms with Gasteiger partial charge in [-0.25, -0.2) is 0 Å². The first kappa shape index (κ1) is 10.5. The van der Waals surface area contributed by atoms with Crippen molar-refractivity contribution in [2.75, 3.05) is 6.61 Å². The summed E-state index contributed by atoms with van der Waals surface area (Å²) < 4.78 is 1.95. The van der Waals surface area contributed by atoms with Crippen molar-refractivity contribution < 1.29 is 5.11 Å². The summed E-state index contributed by atoms with van der Waals surface area (Å²) >= 11 is 5.96. The monoisotopic (exact) mass is 247 g/mol. The molecule has 3 aromatic rings. The summed E-state index contributed by atoms with van der Waals surface area (Å²) in [4.78, 5) is 0. The van der Waals surface area contributed by atoms with Gasteiger partial charge in [0.1, 0.15) is 5.82 Å². The Morgan fingerprint density at radius 1 is 1.18 bits per heavy atom. The van der Waals surface area contributed by atoms with Gasteiger partial charge in [-0.2, -0.15) is 0 Å². The average Bonchev–Trinajstić information content (AvgIpc) is 2.73. The maximum atomic E-state index is 9.01. The van der Waals surface area contributed by atoms with Crippen LogP contribution in [-0.4, -0.2) is 26.3 Å². The van der Waals surface area contributed by atoms with Crippen molar-refractivity contribution in [1.82, 2.24) is 14.6 Å². The second-order valence-corrected chi connectivity index (χ2v) is 4.26. The molecule has 0 fully saturated rings. The molecule has 1 aromatic carbocycles. The average molecular weight is 248 g/mol. The highest BCUT2D eigenvalue weighted by molar-refractivity contribution is 6.31. The summed E-state index contributed by atoms with van der Waals surface area (Å²) in [5.41, 5.74) is 1.78. The fourth-order valence-electron chi connectivity index (χ4n) is 1.99. The number of rotatable bonds is 2. The molecule has 0 saturated heterocycles. The van der Waals surface area contributed by atoms with E-state index in [4.69, 9.17) is 16.7 Å². The van der Waals surface area contributed by atoms with Crippen LogP contribution < -0.4 is 0 Å². The van der Waals surface area contributed by atoms with Gasteiger partial charge in [-0.15, -0.1) is 10.2 Å². The summed E-state index contributed by atoms with van der Waals surface area (Å²) in [5.74, 6) is 0.760. The van der Waals surface area contributed by atoms with Crippen LogP contribution in [0.1, 0.15) is 5.82 Å². The van der Waals surface area contributed by atoms with Crippen LogP contribution in [0.25, 0.3) is 16.6 Å². The van der Waals surface area contributed by atoms with Crippen LogP contribution in [0.15, 0.2) is 30.3 Å². The summed E-state index contributed by atoms with van der Waals surface area (Å²) in [6, 6.07) is 9.54. The second kappa shape index (κ2) is 3.98. The van der Waals surface area contributed by atoms with E-state index >= 15 is 0 Å². The highest BCUT2D eigenvalue weighted by Gasteiger charge is 2.08. The molecule has 0 radical (unpaired) electrons. The predicted octanol–water partition coefficient (Wildman–Crippen LogP) is 2.07. The Kier molecular flexibility index (Phi) is 2.46. The first-order valence-corrected chi connectivity index (χ1v) is 5.70. The lowest BCUT2D eigenvalue weighted by Crippen LogP contribution is -1.99. The van der Waals surface area contributed by atoms with Crippen LogP contribution >= 0.6 is 11.6 Å². The zero-order valence-electron chi connectivity index (χ0n) is 8.97.